The fraction of sp³-hybridized carbons (Fsp3) is 0.389. The number of nitrogens with one attached hydrogen (secondary N) is 2. The van der Waals surface area contributed by atoms with E-state index in [9.17, 15) is 9.59 Å². The van der Waals surface area contributed by atoms with Gasteiger partial charge in [0.2, 0.25) is 11.7 Å². The molecule has 1 aromatic carbocycles. The quantitative estimate of drug-likeness (QED) is 0.576. The molecule has 1 aliphatic heterocycles. The molecule has 1 aromatic heterocycles. The van der Waals surface area contributed by atoms with Gasteiger partial charge >= 0.3 is 0 Å². The van der Waals surface area contributed by atoms with Gasteiger partial charge in [0.1, 0.15) is 5.82 Å². The van der Waals surface area contributed by atoms with Crippen LogP contribution in [0.15, 0.2) is 22.1 Å². The summed E-state index contributed by atoms with van der Waals surface area (Å²) in [5.41, 5.74) is 0.864. The molecule has 1 atom stereocenters. The molecule has 1 amide bonds. The van der Waals surface area contributed by atoms with E-state index in [2.05, 4.69) is 15.3 Å². The van der Waals surface area contributed by atoms with Gasteiger partial charge in [-0.1, -0.05) is 18.7 Å². The summed E-state index contributed by atoms with van der Waals surface area (Å²) in [5, 5.41) is 3.19. The molecule has 2 heterocycles. The zero-order valence-corrected chi connectivity index (χ0v) is 16.4. The van der Waals surface area contributed by atoms with Crippen LogP contribution in [-0.2, 0) is 4.79 Å². The third-order valence-corrected chi connectivity index (χ3v) is 5.06. The van der Waals surface area contributed by atoms with Crippen LogP contribution in [0.25, 0.3) is 0 Å². The van der Waals surface area contributed by atoms with Gasteiger partial charge in [-0.2, -0.15) is 0 Å². The fourth-order valence-electron chi connectivity index (χ4n) is 3.14. The molecule has 0 saturated heterocycles. The first-order valence-electron chi connectivity index (χ1n) is 8.39. The summed E-state index contributed by atoms with van der Waals surface area (Å²) < 4.78 is 16.1. The smallest absolute Gasteiger partial charge is 0.257 e. The number of rotatable bonds is 6. The number of carbonyl (C=O) groups excluding carboxylic acids is 1. The first-order chi connectivity index (χ1) is 13.0. The highest BCUT2D eigenvalue weighted by Crippen LogP contribution is 2.43. The summed E-state index contributed by atoms with van der Waals surface area (Å²) >= 11 is 1.40. The number of carbonyl (C=O) groups is 1. The minimum absolute atomic E-state index is 0.122. The van der Waals surface area contributed by atoms with Crippen LogP contribution in [0.1, 0.15) is 30.4 Å². The second-order valence-corrected chi connectivity index (χ2v) is 7.08. The van der Waals surface area contributed by atoms with Gasteiger partial charge < -0.3 is 24.5 Å². The van der Waals surface area contributed by atoms with Crippen LogP contribution in [0.2, 0.25) is 0 Å². The Kier molecular flexibility index (Phi) is 5.59. The number of benzene rings is 1. The van der Waals surface area contributed by atoms with Gasteiger partial charge in [0, 0.05) is 12.3 Å². The van der Waals surface area contributed by atoms with E-state index in [0.717, 1.165) is 5.75 Å². The summed E-state index contributed by atoms with van der Waals surface area (Å²) in [6, 6.07) is 3.51. The normalized spacial score (nSPS) is 15.7. The van der Waals surface area contributed by atoms with Crippen LogP contribution in [-0.4, -0.2) is 43.0 Å². The van der Waals surface area contributed by atoms with Crippen molar-refractivity contribution in [2.75, 3.05) is 32.4 Å². The SMILES string of the molecule is CCSc1nc2c(c(=O)[nH]1)[C@H](c1cc(OC)c(OC)c(OC)c1)CC(=O)N2. The van der Waals surface area contributed by atoms with E-state index in [-0.39, 0.29) is 17.9 Å². The van der Waals surface area contributed by atoms with Crippen LogP contribution in [0.5, 0.6) is 17.2 Å². The van der Waals surface area contributed by atoms with Crippen molar-refractivity contribution in [2.45, 2.75) is 24.4 Å². The Labute approximate surface area is 160 Å². The van der Waals surface area contributed by atoms with Crippen LogP contribution in [0.3, 0.4) is 0 Å². The number of methoxy groups -OCH3 is 3. The molecule has 0 fully saturated rings. The van der Waals surface area contributed by atoms with Crippen molar-refractivity contribution >= 4 is 23.5 Å². The van der Waals surface area contributed by atoms with Crippen LogP contribution in [0, 0.1) is 0 Å². The number of aromatic nitrogens is 2. The van der Waals surface area contributed by atoms with Crippen LogP contribution in [0.4, 0.5) is 5.82 Å². The van der Waals surface area contributed by atoms with E-state index >= 15 is 0 Å². The third kappa shape index (κ3) is 3.59. The Morgan fingerprint density at radius 1 is 1.15 bits per heavy atom. The lowest BCUT2D eigenvalue weighted by molar-refractivity contribution is -0.116. The number of aromatic amines is 1. The van der Waals surface area contributed by atoms with Crippen molar-refractivity contribution in [1.29, 1.82) is 0 Å². The minimum atomic E-state index is -0.473. The van der Waals surface area contributed by atoms with E-state index < -0.39 is 5.92 Å². The maximum Gasteiger partial charge on any atom is 0.257 e. The molecule has 0 spiro atoms. The highest BCUT2D eigenvalue weighted by Gasteiger charge is 2.32. The first kappa shape index (κ1) is 19.1. The zero-order valence-electron chi connectivity index (χ0n) is 15.5. The molecule has 0 unspecified atom stereocenters. The summed E-state index contributed by atoms with van der Waals surface area (Å²) in [7, 11) is 4.56. The fourth-order valence-corrected chi connectivity index (χ4v) is 3.74. The number of ether oxygens (including phenoxy) is 3. The highest BCUT2D eigenvalue weighted by atomic mass is 32.2. The predicted molar refractivity (Wildman–Crippen MR) is 102 cm³/mol. The Morgan fingerprint density at radius 2 is 1.81 bits per heavy atom. The van der Waals surface area contributed by atoms with E-state index in [1.54, 1.807) is 12.1 Å². The largest absolute Gasteiger partial charge is 0.493 e. The maximum atomic E-state index is 12.7. The average Bonchev–Trinajstić information content (AvgIpc) is 2.65. The summed E-state index contributed by atoms with van der Waals surface area (Å²) in [6.45, 7) is 1.96. The van der Waals surface area contributed by atoms with Crippen molar-refractivity contribution < 1.29 is 19.0 Å². The first-order valence-corrected chi connectivity index (χ1v) is 9.37. The molecule has 3 rings (SSSR count). The van der Waals surface area contributed by atoms with Crippen molar-refractivity contribution in [3.8, 4) is 17.2 Å². The minimum Gasteiger partial charge on any atom is -0.493 e. The molecule has 144 valence electrons. The highest BCUT2D eigenvalue weighted by molar-refractivity contribution is 7.99. The Balaban J connectivity index is 2.17. The number of hydrogen-bond acceptors (Lipinski definition) is 7. The lowest BCUT2D eigenvalue weighted by Gasteiger charge is -2.25. The second kappa shape index (κ2) is 7.91. The molecule has 1 aliphatic rings. The van der Waals surface area contributed by atoms with Crippen LogP contribution >= 0.6 is 11.8 Å². The molecule has 2 N–H and O–H groups in total. The average molecular weight is 391 g/mol. The number of hydrogen-bond donors (Lipinski definition) is 2. The van der Waals surface area contributed by atoms with E-state index in [1.807, 2.05) is 6.92 Å². The topological polar surface area (TPSA) is 103 Å². The number of nitrogens with zero attached hydrogens (tertiary/aromatic N) is 1. The zero-order chi connectivity index (χ0) is 19.6. The standard InChI is InChI=1S/C18H21N3O5S/c1-5-27-18-20-16-14(17(23)21-18)10(8-13(22)19-16)9-6-11(24-2)15(26-4)12(7-9)25-3/h6-7,10H,5,8H2,1-4H3,(H2,19,20,21,22,23)/t10-/m0/s1. The second-order valence-electron chi connectivity index (χ2n) is 5.83. The monoisotopic (exact) mass is 391 g/mol. The van der Waals surface area contributed by atoms with Gasteiger partial charge in [-0.3, -0.25) is 9.59 Å². The van der Waals surface area contributed by atoms with Gasteiger partial charge in [0.05, 0.1) is 26.9 Å². The van der Waals surface area contributed by atoms with Gasteiger partial charge in [-0.25, -0.2) is 4.98 Å². The van der Waals surface area contributed by atoms with Gasteiger partial charge in [0.15, 0.2) is 16.7 Å². The van der Waals surface area contributed by atoms with Gasteiger partial charge in [-0.15, -0.1) is 0 Å². The van der Waals surface area contributed by atoms with E-state index in [4.69, 9.17) is 14.2 Å². The molecule has 2 aromatic rings. The molecule has 0 bridgehead atoms. The maximum absolute atomic E-state index is 12.7. The number of H-pyrrole nitrogens is 1. The Bertz CT molecular complexity index is 903. The molecule has 0 saturated carbocycles. The summed E-state index contributed by atoms with van der Waals surface area (Å²) in [5.74, 6) is 1.75. The third-order valence-electron chi connectivity index (χ3n) is 4.30. The molecular formula is C18H21N3O5S. The van der Waals surface area contributed by atoms with Gasteiger partial charge in [0.25, 0.3) is 5.56 Å². The summed E-state index contributed by atoms with van der Waals surface area (Å²) in [6.07, 6.45) is 0.122. The molecule has 8 nitrogen and oxygen atoms in total. The van der Waals surface area contributed by atoms with Crippen molar-refractivity contribution in [2.24, 2.45) is 0 Å². The Hall–Kier alpha value is -2.68. The number of anilines is 1. The van der Waals surface area contributed by atoms with E-state index in [0.29, 0.717) is 39.3 Å². The summed E-state index contributed by atoms with van der Waals surface area (Å²) in [4.78, 5) is 32.2. The molecular weight excluding hydrogens is 370 g/mol. The van der Waals surface area contributed by atoms with Crippen molar-refractivity contribution in [1.82, 2.24) is 9.97 Å². The number of fused-ring (bicyclic) bond motifs is 1. The molecule has 0 aliphatic carbocycles. The van der Waals surface area contributed by atoms with E-state index in [1.165, 1.54) is 33.1 Å². The molecule has 27 heavy (non-hydrogen) atoms. The van der Waals surface area contributed by atoms with Crippen molar-refractivity contribution in [3.05, 3.63) is 33.6 Å². The predicted octanol–water partition coefficient (Wildman–Crippen LogP) is 2.38. The Morgan fingerprint density at radius 3 is 2.37 bits per heavy atom. The number of thioether (sulfide) groups is 1. The van der Waals surface area contributed by atoms with Crippen molar-refractivity contribution in [3.63, 3.8) is 0 Å². The lowest BCUT2D eigenvalue weighted by Crippen LogP contribution is -2.31. The molecule has 9 heteroatoms. The lowest BCUT2D eigenvalue weighted by atomic mass is 9.86. The van der Waals surface area contributed by atoms with Gasteiger partial charge in [-0.05, 0) is 23.4 Å². The molecule has 0 radical (unpaired) electrons. The van der Waals surface area contributed by atoms with Crippen LogP contribution < -0.4 is 25.1 Å². The number of amides is 1.